The number of rotatable bonds is 4. The number of hydrogen-bond donors (Lipinski definition) is 0. The number of aromatic nitrogens is 1. The number of amides is 1. The van der Waals surface area contributed by atoms with Crippen LogP contribution in [0.3, 0.4) is 0 Å². The van der Waals surface area contributed by atoms with E-state index in [-0.39, 0.29) is 22.1 Å². The van der Waals surface area contributed by atoms with E-state index in [2.05, 4.69) is 11.1 Å². The van der Waals surface area contributed by atoms with Crippen molar-refractivity contribution in [2.45, 2.75) is 4.90 Å². The molecule has 34 heavy (non-hydrogen) atoms. The summed E-state index contributed by atoms with van der Waals surface area (Å²) in [7, 11) is -3.65. The van der Waals surface area contributed by atoms with E-state index >= 15 is 0 Å². The summed E-state index contributed by atoms with van der Waals surface area (Å²) in [5, 5.41) is 10.8. The molecule has 10 heteroatoms. The number of pyridine rings is 1. The third-order valence-electron chi connectivity index (χ3n) is 5.56. The van der Waals surface area contributed by atoms with Crippen molar-refractivity contribution >= 4 is 44.8 Å². The van der Waals surface area contributed by atoms with Gasteiger partial charge in [0.25, 0.3) is 5.91 Å². The van der Waals surface area contributed by atoms with Gasteiger partial charge in [-0.3, -0.25) is 4.79 Å². The molecule has 1 amide bonds. The molecule has 4 rings (SSSR count). The van der Waals surface area contributed by atoms with Crippen molar-refractivity contribution in [2.75, 3.05) is 37.3 Å². The highest BCUT2D eigenvalue weighted by molar-refractivity contribution is 7.90. The molecule has 1 fully saturated rings. The maximum absolute atomic E-state index is 12.8. The minimum absolute atomic E-state index is 0.0216. The summed E-state index contributed by atoms with van der Waals surface area (Å²) in [6.45, 7) is 1.74. The molecule has 0 spiro atoms. The normalized spacial score (nSPS) is 14.1. The van der Waals surface area contributed by atoms with Crippen LogP contribution in [0.2, 0.25) is 10.0 Å². The van der Waals surface area contributed by atoms with Gasteiger partial charge < -0.3 is 9.80 Å². The lowest BCUT2D eigenvalue weighted by Crippen LogP contribution is -2.49. The first-order valence-electron chi connectivity index (χ1n) is 10.4. The van der Waals surface area contributed by atoms with Gasteiger partial charge in [-0.1, -0.05) is 35.3 Å². The molecule has 0 N–H and O–H groups in total. The van der Waals surface area contributed by atoms with Gasteiger partial charge in [0, 0.05) is 53.6 Å². The predicted molar refractivity (Wildman–Crippen MR) is 132 cm³/mol. The Kier molecular flexibility index (Phi) is 6.80. The van der Waals surface area contributed by atoms with E-state index in [9.17, 15) is 18.5 Å². The van der Waals surface area contributed by atoms with Crippen LogP contribution in [0.15, 0.2) is 59.5 Å². The Morgan fingerprint density at radius 1 is 0.971 bits per heavy atom. The van der Waals surface area contributed by atoms with Crippen molar-refractivity contribution in [1.29, 1.82) is 5.26 Å². The number of sulfone groups is 1. The fourth-order valence-electron chi connectivity index (χ4n) is 3.80. The number of halogens is 2. The summed E-state index contributed by atoms with van der Waals surface area (Å²) < 4.78 is 25.0. The lowest BCUT2D eigenvalue weighted by atomic mass is 10.1. The second-order valence-corrected chi connectivity index (χ2v) is 10.7. The highest BCUT2D eigenvalue weighted by Crippen LogP contribution is 2.32. The molecule has 0 radical (unpaired) electrons. The van der Waals surface area contributed by atoms with Crippen molar-refractivity contribution < 1.29 is 13.2 Å². The zero-order valence-corrected chi connectivity index (χ0v) is 20.5. The summed E-state index contributed by atoms with van der Waals surface area (Å²) in [5.41, 5.74) is 1.55. The van der Waals surface area contributed by atoms with Crippen molar-refractivity contribution in [3.05, 3.63) is 75.8 Å². The Balaban J connectivity index is 1.65. The van der Waals surface area contributed by atoms with Gasteiger partial charge in [-0.2, -0.15) is 5.26 Å². The van der Waals surface area contributed by atoms with Crippen molar-refractivity contribution in [1.82, 2.24) is 9.88 Å². The summed E-state index contributed by atoms with van der Waals surface area (Å²) in [4.78, 5) is 21.1. The van der Waals surface area contributed by atoms with Gasteiger partial charge in [-0.25, -0.2) is 13.4 Å². The van der Waals surface area contributed by atoms with Crippen molar-refractivity contribution in [2.24, 2.45) is 0 Å². The largest absolute Gasteiger partial charge is 0.352 e. The van der Waals surface area contributed by atoms with E-state index in [0.717, 1.165) is 6.26 Å². The summed E-state index contributed by atoms with van der Waals surface area (Å²) in [6.07, 6.45) is 1.09. The minimum atomic E-state index is -3.65. The highest BCUT2D eigenvalue weighted by Gasteiger charge is 2.27. The van der Waals surface area contributed by atoms with Crippen LogP contribution in [-0.2, 0) is 9.84 Å². The van der Waals surface area contributed by atoms with Crippen LogP contribution in [-0.4, -0.2) is 56.6 Å². The second-order valence-electron chi connectivity index (χ2n) is 7.88. The molecule has 2 heterocycles. The molecular weight excluding hydrogens is 495 g/mol. The monoisotopic (exact) mass is 514 g/mol. The standard InChI is InChI=1S/C24H20Cl2N4O3S/c1-34(32,33)21-14-18(15-27)23(28-22(21)16-2-6-19(25)7-3-16)29-10-12-30(13-11-29)24(31)17-4-8-20(26)9-5-17/h2-9,14H,10-13H2,1H3. The predicted octanol–water partition coefficient (Wildman–Crippen LogP) is 4.29. The molecule has 2 aromatic carbocycles. The molecular formula is C24H20Cl2N4O3S. The summed E-state index contributed by atoms with van der Waals surface area (Å²) in [6, 6.07) is 16.9. The van der Waals surface area contributed by atoms with Crippen LogP contribution in [0.5, 0.6) is 0 Å². The fraction of sp³-hybridized carbons (Fsp3) is 0.208. The molecule has 1 saturated heterocycles. The Morgan fingerprint density at radius 2 is 1.53 bits per heavy atom. The number of benzene rings is 2. The van der Waals surface area contributed by atoms with Gasteiger partial charge in [0.15, 0.2) is 9.84 Å². The zero-order chi connectivity index (χ0) is 24.5. The number of nitrogens with zero attached hydrogens (tertiary/aromatic N) is 4. The molecule has 1 aliphatic rings. The Labute approximate surface area is 208 Å². The first-order valence-corrected chi connectivity index (χ1v) is 13.0. The molecule has 3 aromatic rings. The first kappa shape index (κ1) is 24.0. The minimum Gasteiger partial charge on any atom is -0.352 e. The number of anilines is 1. The lowest BCUT2D eigenvalue weighted by Gasteiger charge is -2.36. The SMILES string of the molecule is CS(=O)(=O)c1cc(C#N)c(N2CCN(C(=O)c3ccc(Cl)cc3)CC2)nc1-c1ccc(Cl)cc1. The third-order valence-corrected chi connectivity index (χ3v) is 7.18. The van der Waals surface area contributed by atoms with E-state index in [1.807, 2.05) is 4.90 Å². The molecule has 7 nitrogen and oxygen atoms in total. The second kappa shape index (κ2) is 9.63. The zero-order valence-electron chi connectivity index (χ0n) is 18.2. The van der Waals surface area contributed by atoms with E-state index in [1.165, 1.54) is 6.07 Å². The Hall–Kier alpha value is -3.12. The first-order chi connectivity index (χ1) is 16.2. The van der Waals surface area contributed by atoms with Gasteiger partial charge >= 0.3 is 0 Å². The molecule has 0 unspecified atom stereocenters. The van der Waals surface area contributed by atoms with Crippen LogP contribution in [0.1, 0.15) is 15.9 Å². The quantitative estimate of drug-likeness (QED) is 0.515. The van der Waals surface area contributed by atoms with Gasteiger partial charge in [0.1, 0.15) is 11.9 Å². The number of piperazine rings is 1. The van der Waals surface area contributed by atoms with E-state index in [0.29, 0.717) is 53.2 Å². The average molecular weight is 515 g/mol. The number of hydrogen-bond acceptors (Lipinski definition) is 6. The van der Waals surface area contributed by atoms with Crippen molar-refractivity contribution in [3.8, 4) is 17.3 Å². The van der Waals surface area contributed by atoms with Crippen LogP contribution >= 0.6 is 23.2 Å². The highest BCUT2D eigenvalue weighted by atomic mass is 35.5. The molecule has 0 bridgehead atoms. The van der Waals surface area contributed by atoms with Crippen molar-refractivity contribution in [3.63, 3.8) is 0 Å². The summed E-state index contributed by atoms with van der Waals surface area (Å²) in [5.74, 6) is 0.289. The van der Waals surface area contributed by atoms with Crippen LogP contribution < -0.4 is 4.90 Å². The molecule has 1 aliphatic heterocycles. The molecule has 0 aliphatic carbocycles. The molecule has 0 atom stereocenters. The van der Waals surface area contributed by atoms with Gasteiger partial charge in [0.05, 0.1) is 16.2 Å². The maximum atomic E-state index is 12.8. The van der Waals surface area contributed by atoms with Gasteiger partial charge in [0.2, 0.25) is 0 Å². The van der Waals surface area contributed by atoms with E-state index < -0.39 is 9.84 Å². The number of carbonyl (C=O) groups excluding carboxylic acids is 1. The molecule has 1 aromatic heterocycles. The Bertz CT molecular complexity index is 1380. The van der Waals surface area contributed by atoms with Gasteiger partial charge in [-0.15, -0.1) is 0 Å². The van der Waals surface area contributed by atoms with E-state index in [1.54, 1.807) is 53.4 Å². The van der Waals surface area contributed by atoms with Gasteiger partial charge in [-0.05, 0) is 42.5 Å². The van der Waals surface area contributed by atoms with E-state index in [4.69, 9.17) is 23.2 Å². The van der Waals surface area contributed by atoms with Crippen LogP contribution in [0, 0.1) is 11.3 Å². The fourth-order valence-corrected chi connectivity index (χ4v) is 4.90. The third kappa shape index (κ3) is 5.02. The topological polar surface area (TPSA) is 94.4 Å². The molecule has 174 valence electrons. The molecule has 0 saturated carbocycles. The number of nitriles is 1. The maximum Gasteiger partial charge on any atom is 0.253 e. The number of carbonyl (C=O) groups is 1. The average Bonchev–Trinajstić information content (AvgIpc) is 2.83. The van der Waals surface area contributed by atoms with Crippen LogP contribution in [0.25, 0.3) is 11.3 Å². The summed E-state index contributed by atoms with van der Waals surface area (Å²) >= 11 is 11.9. The van der Waals surface area contributed by atoms with Crippen LogP contribution in [0.4, 0.5) is 5.82 Å². The lowest BCUT2D eigenvalue weighted by molar-refractivity contribution is 0.0746. The Morgan fingerprint density at radius 3 is 2.06 bits per heavy atom. The smallest absolute Gasteiger partial charge is 0.253 e.